The molecule has 188 valence electrons. The molecule has 1 N–H and O–H groups in total. The Bertz CT molecular complexity index is 1260. The third-order valence-electron chi connectivity index (χ3n) is 5.91. The van der Waals surface area contributed by atoms with E-state index in [2.05, 4.69) is 9.68 Å². The minimum absolute atomic E-state index is 0.0954. The smallest absolute Gasteiger partial charge is 0.416 e. The minimum atomic E-state index is -4.41. The molecule has 3 aromatic carbocycles. The van der Waals surface area contributed by atoms with Crippen LogP contribution >= 0.6 is 12.2 Å². The summed E-state index contributed by atoms with van der Waals surface area (Å²) in [5, 5.41) is 1.92. The molecule has 0 spiro atoms. The van der Waals surface area contributed by atoms with E-state index in [1.807, 2.05) is 48.5 Å². The van der Waals surface area contributed by atoms with E-state index in [0.29, 0.717) is 5.56 Å². The maximum atomic E-state index is 12.8. The number of benzene rings is 3. The van der Waals surface area contributed by atoms with Gasteiger partial charge in [0.1, 0.15) is 6.61 Å². The molecule has 2 unspecified atom stereocenters. The molecule has 5 nitrogen and oxygen atoms in total. The Labute approximate surface area is 214 Å². The molecule has 0 aromatic heterocycles. The van der Waals surface area contributed by atoms with E-state index in [-0.39, 0.29) is 22.9 Å². The van der Waals surface area contributed by atoms with Gasteiger partial charge in [-0.2, -0.15) is 17.5 Å². The molecule has 2 atom stereocenters. The molecule has 0 saturated carbocycles. The highest BCUT2D eigenvalue weighted by atomic mass is 32.2. The van der Waals surface area contributed by atoms with Gasteiger partial charge in [0.25, 0.3) is 0 Å². The van der Waals surface area contributed by atoms with Crippen LogP contribution in [0, 0.1) is 0 Å². The Kier molecular flexibility index (Phi) is 7.87. The molecule has 0 heterocycles. The third kappa shape index (κ3) is 5.66. The summed E-state index contributed by atoms with van der Waals surface area (Å²) in [5.41, 5.74) is 4.28. The van der Waals surface area contributed by atoms with Gasteiger partial charge in [-0.1, -0.05) is 60.7 Å². The quantitative estimate of drug-likeness (QED) is 0.361. The molecule has 1 amide bonds. The molecule has 0 radical (unpaired) electrons. The minimum Gasteiger partial charge on any atom is -0.448 e. The normalized spacial score (nSPS) is 14.6. The summed E-state index contributed by atoms with van der Waals surface area (Å²) in [6.07, 6.45) is -5.16. The monoisotopic (exact) mass is 532 g/mol. The standard InChI is InChI=1S/C26H23F3N2O3S2/c1-16(17-11-13-18(14-12-17)26(27,28)29)36(33-2)31-24(35)30-25(32)34-15-23-21-9-5-3-7-19(21)20-8-4-6-10-22(20)23/h3-14,16,23H,15H2,1-2H3,(H,30,32,35). The van der Waals surface area contributed by atoms with Gasteiger partial charge < -0.3 is 8.92 Å². The van der Waals surface area contributed by atoms with Gasteiger partial charge in [-0.15, -0.1) is 0 Å². The number of nitrogens with zero attached hydrogens (tertiary/aromatic N) is 1. The van der Waals surface area contributed by atoms with Crippen molar-refractivity contribution in [3.8, 4) is 11.1 Å². The number of carbonyl (C=O) groups excluding carboxylic acids is 1. The first-order chi connectivity index (χ1) is 17.2. The average Bonchev–Trinajstić information content (AvgIpc) is 3.19. The molecule has 3 aromatic rings. The van der Waals surface area contributed by atoms with Crippen molar-refractivity contribution in [3.63, 3.8) is 0 Å². The van der Waals surface area contributed by atoms with Gasteiger partial charge >= 0.3 is 12.3 Å². The Morgan fingerprint density at radius 1 is 1.03 bits per heavy atom. The molecule has 4 rings (SSSR count). The number of nitrogens with one attached hydrogen (secondary N) is 1. The SMILES string of the molecule is COS(=NC(=S)NC(=O)OCC1c2ccccc2-c2ccccc21)C(C)c1ccc(C(F)(F)F)cc1. The zero-order valence-corrected chi connectivity index (χ0v) is 21.0. The van der Waals surface area contributed by atoms with Crippen molar-refractivity contribution in [2.75, 3.05) is 13.7 Å². The van der Waals surface area contributed by atoms with Gasteiger partial charge in [0.15, 0.2) is 0 Å². The highest BCUT2D eigenvalue weighted by Gasteiger charge is 2.31. The number of hydrogen-bond acceptors (Lipinski definition) is 4. The largest absolute Gasteiger partial charge is 0.448 e. The maximum Gasteiger partial charge on any atom is 0.416 e. The van der Waals surface area contributed by atoms with Crippen molar-refractivity contribution in [1.29, 1.82) is 0 Å². The van der Waals surface area contributed by atoms with Crippen LogP contribution in [0.4, 0.5) is 18.0 Å². The second-order valence-electron chi connectivity index (χ2n) is 8.05. The lowest BCUT2D eigenvalue weighted by Gasteiger charge is -2.16. The number of thiocarbonyl (C=S) groups is 1. The number of rotatable bonds is 5. The number of amides is 1. The first kappa shape index (κ1) is 26.0. The van der Waals surface area contributed by atoms with Crippen LogP contribution in [0.2, 0.25) is 0 Å². The number of alkyl carbamates (subject to hydrolysis) is 1. The van der Waals surface area contributed by atoms with E-state index in [9.17, 15) is 18.0 Å². The lowest BCUT2D eigenvalue weighted by molar-refractivity contribution is -0.137. The number of ether oxygens (including phenoxy) is 1. The second kappa shape index (κ2) is 10.9. The fourth-order valence-corrected chi connectivity index (χ4v) is 5.57. The van der Waals surface area contributed by atoms with Crippen molar-refractivity contribution in [1.82, 2.24) is 5.32 Å². The fourth-order valence-electron chi connectivity index (χ4n) is 4.15. The van der Waals surface area contributed by atoms with E-state index in [1.165, 1.54) is 19.2 Å². The number of fused-ring (bicyclic) bond motifs is 3. The zero-order chi connectivity index (χ0) is 25.9. The second-order valence-corrected chi connectivity index (χ2v) is 10.2. The topological polar surface area (TPSA) is 59.9 Å². The third-order valence-corrected chi connectivity index (χ3v) is 7.80. The summed E-state index contributed by atoms with van der Waals surface area (Å²) in [6, 6.07) is 20.8. The lowest BCUT2D eigenvalue weighted by Crippen LogP contribution is -2.30. The molecule has 1 aliphatic carbocycles. The molecule has 0 saturated heterocycles. The van der Waals surface area contributed by atoms with Crippen LogP contribution in [-0.4, -0.2) is 24.9 Å². The summed E-state index contributed by atoms with van der Waals surface area (Å²) in [4.78, 5) is 12.5. The van der Waals surface area contributed by atoms with Gasteiger partial charge in [0, 0.05) is 16.9 Å². The zero-order valence-electron chi connectivity index (χ0n) is 19.4. The van der Waals surface area contributed by atoms with Gasteiger partial charge in [-0.3, -0.25) is 5.32 Å². The van der Waals surface area contributed by atoms with Crippen molar-refractivity contribution in [2.24, 2.45) is 4.36 Å². The van der Waals surface area contributed by atoms with E-state index in [4.69, 9.17) is 21.1 Å². The lowest BCUT2D eigenvalue weighted by atomic mass is 9.98. The van der Waals surface area contributed by atoms with Gasteiger partial charge in [0.05, 0.1) is 17.9 Å². The Morgan fingerprint density at radius 2 is 1.58 bits per heavy atom. The predicted molar refractivity (Wildman–Crippen MR) is 137 cm³/mol. The molecule has 0 fully saturated rings. The summed E-state index contributed by atoms with van der Waals surface area (Å²) in [6.45, 7) is 1.88. The molecule has 36 heavy (non-hydrogen) atoms. The average molecular weight is 533 g/mol. The molecule has 0 aliphatic heterocycles. The summed E-state index contributed by atoms with van der Waals surface area (Å²) >= 11 is 5.19. The van der Waals surface area contributed by atoms with Crippen LogP contribution < -0.4 is 5.32 Å². The van der Waals surface area contributed by atoms with Gasteiger partial charge in [0.2, 0.25) is 5.11 Å². The van der Waals surface area contributed by atoms with Crippen molar-refractivity contribution in [3.05, 3.63) is 95.1 Å². The van der Waals surface area contributed by atoms with E-state index < -0.39 is 28.8 Å². The van der Waals surface area contributed by atoms with Crippen LogP contribution in [0.3, 0.4) is 0 Å². The highest BCUT2D eigenvalue weighted by molar-refractivity contribution is 7.85. The van der Waals surface area contributed by atoms with Crippen LogP contribution in [0.25, 0.3) is 11.1 Å². The maximum absolute atomic E-state index is 12.8. The Hall–Kier alpha value is -3.08. The molecule has 10 heteroatoms. The number of halogens is 3. The highest BCUT2D eigenvalue weighted by Crippen LogP contribution is 2.44. The van der Waals surface area contributed by atoms with Crippen LogP contribution in [-0.2, 0) is 26.1 Å². The number of hydrogen-bond donors (Lipinski definition) is 1. The van der Waals surface area contributed by atoms with Crippen LogP contribution in [0.1, 0.15) is 40.3 Å². The first-order valence-electron chi connectivity index (χ1n) is 11.0. The van der Waals surface area contributed by atoms with E-state index in [1.54, 1.807) is 6.92 Å². The van der Waals surface area contributed by atoms with Gasteiger partial charge in [-0.25, -0.2) is 4.79 Å². The molecular weight excluding hydrogens is 509 g/mol. The fraction of sp³-hybridized carbons (Fsp3) is 0.231. The summed E-state index contributed by atoms with van der Waals surface area (Å²) in [5.74, 6) is -0.0954. The molecular formula is C26H23F3N2O3S2. The molecule has 0 bridgehead atoms. The first-order valence-corrected chi connectivity index (χ1v) is 12.6. The molecule has 1 aliphatic rings. The van der Waals surface area contributed by atoms with Crippen molar-refractivity contribution in [2.45, 2.75) is 24.3 Å². The van der Waals surface area contributed by atoms with Crippen molar-refractivity contribution >= 4 is 34.4 Å². The van der Waals surface area contributed by atoms with E-state index >= 15 is 0 Å². The summed E-state index contributed by atoms with van der Waals surface area (Å²) < 4.78 is 53.6. The predicted octanol–water partition coefficient (Wildman–Crippen LogP) is 6.95. The van der Waals surface area contributed by atoms with Crippen LogP contribution in [0.15, 0.2) is 77.2 Å². The van der Waals surface area contributed by atoms with Crippen LogP contribution in [0.5, 0.6) is 0 Å². The van der Waals surface area contributed by atoms with Gasteiger partial charge in [-0.05, 0) is 59.1 Å². The van der Waals surface area contributed by atoms with Crippen molar-refractivity contribution < 1.29 is 26.9 Å². The van der Waals surface area contributed by atoms with E-state index in [0.717, 1.165) is 34.4 Å². The number of carbonyl (C=O) groups is 1. The Morgan fingerprint density at radius 3 is 2.11 bits per heavy atom. The number of alkyl halides is 3. The Balaban J connectivity index is 1.39. The summed E-state index contributed by atoms with van der Waals surface area (Å²) in [7, 11) is 0.285.